The normalized spacial score (nSPS) is 13.3. The number of carbonyl (C=O) groups is 2. The van der Waals surface area contributed by atoms with Gasteiger partial charge in [-0.25, -0.2) is 0 Å². The Hall–Kier alpha value is -2.08. The third-order valence-electron chi connectivity index (χ3n) is 2.73. The Balaban J connectivity index is 2.47. The van der Waals surface area contributed by atoms with Crippen molar-refractivity contribution in [1.29, 1.82) is 0 Å². The van der Waals surface area contributed by atoms with E-state index in [1.165, 1.54) is 6.92 Å². The van der Waals surface area contributed by atoms with E-state index in [1.54, 1.807) is 14.0 Å². The van der Waals surface area contributed by atoms with Gasteiger partial charge < -0.3 is 19.9 Å². The summed E-state index contributed by atoms with van der Waals surface area (Å²) in [6, 6.07) is 6.37. The maximum Gasteiger partial charge on any atom is 0.325 e. The number of nitrogens with one attached hydrogen (secondary N) is 1. The van der Waals surface area contributed by atoms with Crippen LogP contribution in [0.3, 0.4) is 0 Å². The largest absolute Gasteiger partial charge is 0.497 e. The minimum Gasteiger partial charge on any atom is -0.497 e. The van der Waals surface area contributed by atoms with E-state index in [1.807, 2.05) is 24.3 Å². The minimum atomic E-state index is -1.08. The monoisotopic (exact) mass is 281 g/mol. The fourth-order valence-corrected chi connectivity index (χ4v) is 1.45. The van der Waals surface area contributed by atoms with Gasteiger partial charge in [0.15, 0.2) is 0 Å². The molecule has 1 rings (SSSR count). The van der Waals surface area contributed by atoms with Crippen molar-refractivity contribution in [2.24, 2.45) is 0 Å². The molecule has 110 valence electrons. The first-order chi connectivity index (χ1) is 9.43. The van der Waals surface area contributed by atoms with Gasteiger partial charge in [0.25, 0.3) is 0 Å². The van der Waals surface area contributed by atoms with Crippen molar-refractivity contribution in [1.82, 2.24) is 5.32 Å². The van der Waals surface area contributed by atoms with Crippen LogP contribution in [0.5, 0.6) is 5.75 Å². The predicted molar refractivity (Wildman–Crippen MR) is 72.5 cm³/mol. The van der Waals surface area contributed by atoms with E-state index < -0.39 is 24.0 Å². The van der Waals surface area contributed by atoms with Gasteiger partial charge in [0, 0.05) is 0 Å². The fourth-order valence-electron chi connectivity index (χ4n) is 1.45. The topological polar surface area (TPSA) is 84.9 Å². The van der Waals surface area contributed by atoms with E-state index in [4.69, 9.17) is 14.6 Å². The average molecular weight is 281 g/mol. The molecule has 0 heterocycles. The van der Waals surface area contributed by atoms with Crippen LogP contribution in [0.25, 0.3) is 0 Å². The maximum absolute atomic E-state index is 11.7. The Kier molecular flexibility index (Phi) is 5.99. The van der Waals surface area contributed by atoms with E-state index in [0.29, 0.717) is 5.75 Å². The summed E-state index contributed by atoms with van der Waals surface area (Å²) in [5.74, 6) is -0.830. The molecule has 6 nitrogen and oxygen atoms in total. The highest BCUT2D eigenvalue weighted by Crippen LogP contribution is 2.13. The summed E-state index contributed by atoms with van der Waals surface area (Å²) in [5, 5.41) is 11.1. The molecule has 0 aliphatic carbocycles. The number of hydrogen-bond acceptors (Lipinski definition) is 4. The summed E-state index contributed by atoms with van der Waals surface area (Å²) in [6.45, 7) is 3.21. The molecule has 20 heavy (non-hydrogen) atoms. The lowest BCUT2D eigenvalue weighted by Gasteiger charge is -2.15. The van der Waals surface area contributed by atoms with E-state index in [0.717, 1.165) is 5.56 Å². The Morgan fingerprint density at radius 1 is 1.35 bits per heavy atom. The standard InChI is InChI=1S/C14H19NO5/c1-9(14(17)18)15-13(16)10(2)20-8-11-5-4-6-12(7-11)19-3/h4-7,9-10H,8H2,1-3H3,(H,15,16)(H,17,18)/t9-,10?/m0/s1. The van der Waals surface area contributed by atoms with Crippen LogP contribution in [-0.4, -0.2) is 36.2 Å². The van der Waals surface area contributed by atoms with Crippen LogP contribution in [-0.2, 0) is 20.9 Å². The average Bonchev–Trinajstić information content (AvgIpc) is 2.44. The van der Waals surface area contributed by atoms with Crippen molar-refractivity contribution in [3.05, 3.63) is 29.8 Å². The molecule has 0 aliphatic rings. The van der Waals surface area contributed by atoms with Gasteiger partial charge in [-0.1, -0.05) is 12.1 Å². The number of carboxylic acids is 1. The van der Waals surface area contributed by atoms with Crippen LogP contribution < -0.4 is 10.1 Å². The molecule has 0 aromatic heterocycles. The van der Waals surface area contributed by atoms with Crippen LogP contribution in [0, 0.1) is 0 Å². The zero-order valence-electron chi connectivity index (χ0n) is 11.8. The molecule has 2 atom stereocenters. The van der Waals surface area contributed by atoms with Gasteiger partial charge in [-0.3, -0.25) is 9.59 Å². The number of hydrogen-bond donors (Lipinski definition) is 2. The van der Waals surface area contributed by atoms with Crippen LogP contribution in [0.15, 0.2) is 24.3 Å². The van der Waals surface area contributed by atoms with Crippen LogP contribution in [0.2, 0.25) is 0 Å². The SMILES string of the molecule is COc1cccc(COC(C)C(=O)N[C@@H](C)C(=O)O)c1. The number of benzene rings is 1. The van der Waals surface area contributed by atoms with Crippen LogP contribution in [0.1, 0.15) is 19.4 Å². The highest BCUT2D eigenvalue weighted by atomic mass is 16.5. The molecular weight excluding hydrogens is 262 g/mol. The van der Waals surface area contributed by atoms with Crippen molar-refractivity contribution >= 4 is 11.9 Å². The summed E-state index contributed by atoms with van der Waals surface area (Å²) in [4.78, 5) is 22.3. The van der Waals surface area contributed by atoms with E-state index >= 15 is 0 Å². The van der Waals surface area contributed by atoms with Crippen molar-refractivity contribution in [3.8, 4) is 5.75 Å². The molecule has 0 bridgehead atoms. The quantitative estimate of drug-likeness (QED) is 0.784. The molecule has 1 aromatic carbocycles. The Morgan fingerprint density at radius 3 is 2.65 bits per heavy atom. The Labute approximate surface area is 117 Å². The molecule has 1 unspecified atom stereocenters. The Morgan fingerprint density at radius 2 is 2.05 bits per heavy atom. The van der Waals surface area contributed by atoms with Crippen LogP contribution >= 0.6 is 0 Å². The molecule has 0 saturated heterocycles. The van der Waals surface area contributed by atoms with Crippen molar-refractivity contribution in [3.63, 3.8) is 0 Å². The zero-order valence-corrected chi connectivity index (χ0v) is 11.8. The molecule has 6 heteroatoms. The van der Waals surface area contributed by atoms with Gasteiger partial charge >= 0.3 is 5.97 Å². The van der Waals surface area contributed by atoms with E-state index in [9.17, 15) is 9.59 Å². The number of carboxylic acid groups (broad SMARTS) is 1. The zero-order chi connectivity index (χ0) is 15.1. The first-order valence-corrected chi connectivity index (χ1v) is 6.21. The van der Waals surface area contributed by atoms with Crippen LogP contribution in [0.4, 0.5) is 0 Å². The molecule has 0 saturated carbocycles. The molecular formula is C14H19NO5. The van der Waals surface area contributed by atoms with Gasteiger partial charge in [-0.15, -0.1) is 0 Å². The number of carbonyl (C=O) groups excluding carboxylic acids is 1. The number of methoxy groups -OCH3 is 1. The third-order valence-corrected chi connectivity index (χ3v) is 2.73. The third kappa shape index (κ3) is 4.89. The van der Waals surface area contributed by atoms with Crippen molar-refractivity contribution < 1.29 is 24.2 Å². The predicted octanol–water partition coefficient (Wildman–Crippen LogP) is 1.19. The van der Waals surface area contributed by atoms with Gasteiger partial charge in [0.1, 0.15) is 17.9 Å². The molecule has 0 spiro atoms. The highest BCUT2D eigenvalue weighted by molar-refractivity contribution is 5.85. The number of aliphatic carboxylic acids is 1. The molecule has 0 aliphatic heterocycles. The molecule has 2 N–H and O–H groups in total. The van der Waals surface area contributed by atoms with E-state index in [-0.39, 0.29) is 6.61 Å². The molecule has 0 fully saturated rings. The first kappa shape index (κ1) is 16.0. The lowest BCUT2D eigenvalue weighted by molar-refractivity contribution is -0.143. The van der Waals surface area contributed by atoms with Crippen molar-refractivity contribution in [2.45, 2.75) is 32.6 Å². The Bertz CT molecular complexity index is 474. The molecule has 1 amide bonds. The lowest BCUT2D eigenvalue weighted by Crippen LogP contribution is -2.43. The summed E-state index contributed by atoms with van der Waals surface area (Å²) in [5.41, 5.74) is 0.871. The summed E-state index contributed by atoms with van der Waals surface area (Å²) < 4.78 is 10.5. The smallest absolute Gasteiger partial charge is 0.325 e. The van der Waals surface area contributed by atoms with Crippen molar-refractivity contribution in [2.75, 3.05) is 7.11 Å². The number of ether oxygens (including phenoxy) is 2. The highest BCUT2D eigenvalue weighted by Gasteiger charge is 2.19. The second kappa shape index (κ2) is 7.49. The summed E-state index contributed by atoms with van der Waals surface area (Å²) in [6.07, 6.45) is -0.733. The fraction of sp³-hybridized carbons (Fsp3) is 0.429. The lowest BCUT2D eigenvalue weighted by atomic mass is 10.2. The molecule has 0 radical (unpaired) electrons. The number of rotatable bonds is 7. The second-order valence-corrected chi connectivity index (χ2v) is 4.37. The summed E-state index contributed by atoms with van der Waals surface area (Å²) in [7, 11) is 1.57. The summed E-state index contributed by atoms with van der Waals surface area (Å²) >= 11 is 0. The minimum absolute atomic E-state index is 0.243. The second-order valence-electron chi connectivity index (χ2n) is 4.37. The molecule has 1 aromatic rings. The van der Waals surface area contributed by atoms with Gasteiger partial charge in [0.05, 0.1) is 13.7 Å². The number of amides is 1. The van der Waals surface area contributed by atoms with Gasteiger partial charge in [-0.05, 0) is 31.5 Å². The van der Waals surface area contributed by atoms with Gasteiger partial charge in [-0.2, -0.15) is 0 Å². The van der Waals surface area contributed by atoms with Gasteiger partial charge in [0.2, 0.25) is 5.91 Å². The van der Waals surface area contributed by atoms with E-state index in [2.05, 4.69) is 5.32 Å². The first-order valence-electron chi connectivity index (χ1n) is 6.21. The maximum atomic E-state index is 11.7.